The van der Waals surface area contributed by atoms with Gasteiger partial charge in [0.05, 0.1) is 29.7 Å². The molecule has 9 nitrogen and oxygen atoms in total. The van der Waals surface area contributed by atoms with E-state index in [2.05, 4.69) is 36.5 Å². The topological polar surface area (TPSA) is 144 Å². The van der Waals surface area contributed by atoms with Crippen LogP contribution in [0.2, 0.25) is 0 Å². The molecule has 1 unspecified atom stereocenters. The van der Waals surface area contributed by atoms with Gasteiger partial charge in [0.15, 0.2) is 5.69 Å². The molecule has 0 radical (unpaired) electrons. The summed E-state index contributed by atoms with van der Waals surface area (Å²) < 4.78 is 14.7. The zero-order valence-electron chi connectivity index (χ0n) is 17.2. The maximum atomic E-state index is 14.7. The fraction of sp³-hybridized carbons (Fsp3) is 0.0870. The molecular weight excluding hydrogens is 423 g/mol. The summed E-state index contributed by atoms with van der Waals surface area (Å²) in [5.41, 5.74) is 2.61. The third-order valence-electron chi connectivity index (χ3n) is 4.81. The molecule has 162 valence electrons. The quantitative estimate of drug-likeness (QED) is 0.378. The van der Waals surface area contributed by atoms with Crippen LogP contribution < -0.4 is 5.32 Å². The smallest absolute Gasteiger partial charge is 0.273 e. The molecule has 0 fully saturated rings. The zero-order valence-corrected chi connectivity index (χ0v) is 17.2. The van der Waals surface area contributed by atoms with Crippen molar-refractivity contribution in [2.24, 2.45) is 4.99 Å². The fourth-order valence-electron chi connectivity index (χ4n) is 3.22. The standard InChI is InChI=1S/C23H17FN8O/c24-20-5-19-21(6-18(20)16-10-28-13-29-11-16)31-32-22(19)23(33)30-17(8-26)12-27-9-15-3-1-2-14(4-15)7-25/h1-6,8,10-13,17,26H,9H2,(H,30,33)(H,31,32). The number of aliphatic imine (C=N–C) groups is 1. The summed E-state index contributed by atoms with van der Waals surface area (Å²) in [5.74, 6) is -1.12. The van der Waals surface area contributed by atoms with E-state index in [0.717, 1.165) is 11.8 Å². The number of hydrogen-bond donors (Lipinski definition) is 3. The summed E-state index contributed by atoms with van der Waals surface area (Å²) in [7, 11) is 0. The Morgan fingerprint density at radius 1 is 1.30 bits per heavy atom. The van der Waals surface area contributed by atoms with Crippen molar-refractivity contribution in [2.75, 3.05) is 0 Å². The van der Waals surface area contributed by atoms with Gasteiger partial charge >= 0.3 is 0 Å². The lowest BCUT2D eigenvalue weighted by Crippen LogP contribution is -2.37. The Morgan fingerprint density at radius 2 is 2.12 bits per heavy atom. The average molecular weight is 440 g/mol. The second-order valence-electron chi connectivity index (χ2n) is 7.04. The second kappa shape index (κ2) is 9.57. The van der Waals surface area contributed by atoms with Crippen molar-refractivity contribution >= 4 is 29.2 Å². The van der Waals surface area contributed by atoms with Crippen LogP contribution in [0.25, 0.3) is 22.0 Å². The first kappa shape index (κ1) is 21.5. The molecule has 0 bridgehead atoms. The minimum absolute atomic E-state index is 0.00160. The Labute approximate surface area is 187 Å². The van der Waals surface area contributed by atoms with Crippen LogP contribution in [0.3, 0.4) is 0 Å². The number of nitrogens with one attached hydrogen (secondary N) is 3. The first-order valence-corrected chi connectivity index (χ1v) is 9.82. The molecule has 4 aromatic rings. The molecule has 2 heterocycles. The summed E-state index contributed by atoms with van der Waals surface area (Å²) in [6.07, 6.45) is 6.78. The second-order valence-corrected chi connectivity index (χ2v) is 7.04. The van der Waals surface area contributed by atoms with Crippen LogP contribution in [0.4, 0.5) is 4.39 Å². The predicted octanol–water partition coefficient (Wildman–Crippen LogP) is 3.05. The van der Waals surface area contributed by atoms with E-state index in [4.69, 9.17) is 10.7 Å². The molecule has 3 N–H and O–H groups in total. The van der Waals surface area contributed by atoms with Crippen LogP contribution in [-0.2, 0) is 6.54 Å². The number of amides is 1. The van der Waals surface area contributed by atoms with Crippen LogP contribution in [0, 0.1) is 22.6 Å². The van der Waals surface area contributed by atoms with Crippen molar-refractivity contribution in [3.8, 4) is 17.2 Å². The van der Waals surface area contributed by atoms with E-state index in [-0.39, 0.29) is 17.8 Å². The van der Waals surface area contributed by atoms with Gasteiger partial charge in [-0.05, 0) is 29.8 Å². The van der Waals surface area contributed by atoms with Crippen molar-refractivity contribution in [1.29, 1.82) is 10.7 Å². The van der Waals surface area contributed by atoms with E-state index >= 15 is 0 Å². The Kier molecular flexibility index (Phi) is 6.22. The van der Waals surface area contributed by atoms with Crippen molar-refractivity contribution in [3.05, 3.63) is 77.8 Å². The van der Waals surface area contributed by atoms with E-state index in [1.807, 2.05) is 6.07 Å². The van der Waals surface area contributed by atoms with Gasteiger partial charge in [-0.15, -0.1) is 0 Å². The highest BCUT2D eigenvalue weighted by Gasteiger charge is 2.19. The van der Waals surface area contributed by atoms with E-state index < -0.39 is 17.8 Å². The lowest BCUT2D eigenvalue weighted by molar-refractivity contribution is 0.0951. The molecule has 0 saturated heterocycles. The number of nitriles is 1. The molecule has 0 aliphatic rings. The number of nitrogens with zero attached hydrogens (tertiary/aromatic N) is 5. The number of aromatic amines is 1. The van der Waals surface area contributed by atoms with Crippen molar-refractivity contribution in [1.82, 2.24) is 25.5 Å². The number of carbonyl (C=O) groups excluding carboxylic acids is 1. The highest BCUT2D eigenvalue weighted by molar-refractivity contribution is 6.07. The molecule has 2 aromatic heterocycles. The molecule has 33 heavy (non-hydrogen) atoms. The lowest BCUT2D eigenvalue weighted by Gasteiger charge is -2.08. The minimum Gasteiger partial charge on any atom is -0.338 e. The minimum atomic E-state index is -0.783. The molecule has 4 rings (SSSR count). The molecule has 0 aliphatic carbocycles. The Morgan fingerprint density at radius 3 is 2.88 bits per heavy atom. The van der Waals surface area contributed by atoms with Gasteiger partial charge in [-0.25, -0.2) is 14.4 Å². The highest BCUT2D eigenvalue weighted by Crippen LogP contribution is 2.27. The number of benzene rings is 2. The number of rotatable bonds is 7. The molecule has 1 amide bonds. The van der Waals surface area contributed by atoms with E-state index in [1.54, 1.807) is 18.2 Å². The van der Waals surface area contributed by atoms with E-state index in [9.17, 15) is 9.18 Å². The Hall–Kier alpha value is -4.78. The van der Waals surface area contributed by atoms with Gasteiger partial charge in [-0.3, -0.25) is 14.9 Å². The highest BCUT2D eigenvalue weighted by atomic mass is 19.1. The molecule has 1 atom stereocenters. The van der Waals surface area contributed by atoms with Crippen LogP contribution >= 0.6 is 0 Å². The first-order valence-electron chi connectivity index (χ1n) is 9.82. The Bertz CT molecular complexity index is 1390. The monoisotopic (exact) mass is 440 g/mol. The normalized spacial score (nSPS) is 11.9. The SMILES string of the molecule is N#Cc1cccc(CN=CC(C=N)NC(=O)c2n[nH]c3cc(-c4cncnc4)c(F)cc23)c1. The molecule has 0 aliphatic heterocycles. The molecule has 10 heteroatoms. The van der Waals surface area contributed by atoms with E-state index in [0.29, 0.717) is 22.0 Å². The van der Waals surface area contributed by atoms with Gasteiger partial charge in [-0.1, -0.05) is 12.1 Å². The van der Waals surface area contributed by atoms with Gasteiger partial charge in [0.2, 0.25) is 0 Å². The van der Waals surface area contributed by atoms with Gasteiger partial charge in [0, 0.05) is 41.3 Å². The fourth-order valence-corrected chi connectivity index (χ4v) is 3.22. The number of fused-ring (bicyclic) bond motifs is 1. The van der Waals surface area contributed by atoms with Crippen molar-refractivity contribution < 1.29 is 9.18 Å². The Balaban J connectivity index is 1.50. The molecule has 2 aromatic carbocycles. The van der Waals surface area contributed by atoms with Crippen LogP contribution in [0.1, 0.15) is 21.6 Å². The molecule has 0 saturated carbocycles. The van der Waals surface area contributed by atoms with Gasteiger partial charge in [0.25, 0.3) is 5.91 Å². The summed E-state index contributed by atoms with van der Waals surface area (Å²) in [4.78, 5) is 24.8. The first-order chi connectivity index (χ1) is 16.1. The summed E-state index contributed by atoms with van der Waals surface area (Å²) in [6.45, 7) is 0.290. The maximum absolute atomic E-state index is 14.7. The van der Waals surface area contributed by atoms with Crippen LogP contribution in [0.15, 0.2) is 60.1 Å². The average Bonchev–Trinajstić information content (AvgIpc) is 3.26. The zero-order chi connectivity index (χ0) is 23.2. The number of aromatic nitrogens is 4. The number of hydrogen-bond acceptors (Lipinski definition) is 7. The molecule has 0 spiro atoms. The largest absolute Gasteiger partial charge is 0.338 e. The van der Waals surface area contributed by atoms with Gasteiger partial charge < -0.3 is 10.7 Å². The van der Waals surface area contributed by atoms with Crippen molar-refractivity contribution in [3.63, 3.8) is 0 Å². The number of H-pyrrole nitrogens is 1. The van der Waals surface area contributed by atoms with E-state index in [1.165, 1.54) is 37.1 Å². The van der Waals surface area contributed by atoms with Gasteiger partial charge in [0.1, 0.15) is 12.1 Å². The summed E-state index contributed by atoms with van der Waals surface area (Å²) in [5, 5.41) is 26.2. The maximum Gasteiger partial charge on any atom is 0.273 e. The number of halogens is 1. The lowest BCUT2D eigenvalue weighted by atomic mass is 10.1. The summed E-state index contributed by atoms with van der Waals surface area (Å²) in [6, 6.07) is 11.1. The number of carbonyl (C=O) groups is 1. The summed E-state index contributed by atoms with van der Waals surface area (Å²) >= 11 is 0. The molecular formula is C23H17FN8O. The van der Waals surface area contributed by atoms with Crippen molar-refractivity contribution in [2.45, 2.75) is 12.6 Å². The predicted molar refractivity (Wildman–Crippen MR) is 120 cm³/mol. The van der Waals surface area contributed by atoms with Gasteiger partial charge in [-0.2, -0.15) is 10.4 Å². The van der Waals surface area contributed by atoms with Crippen LogP contribution in [0.5, 0.6) is 0 Å². The third kappa shape index (κ3) is 4.77. The van der Waals surface area contributed by atoms with Crippen LogP contribution in [-0.4, -0.2) is 44.5 Å². The third-order valence-corrected chi connectivity index (χ3v) is 4.81.